The number of hydrogen-bond donors (Lipinski definition) is 3. The number of rotatable bonds is 5. The van der Waals surface area contributed by atoms with Gasteiger partial charge in [0.2, 0.25) is 5.95 Å². The van der Waals surface area contributed by atoms with E-state index in [-0.39, 0.29) is 17.5 Å². The number of likely N-dealkylation sites (N-methyl/N-ethyl adjacent to an activating group) is 1. The first kappa shape index (κ1) is 24.6. The average molecular weight is 501 g/mol. The van der Waals surface area contributed by atoms with Crippen molar-refractivity contribution >= 4 is 17.5 Å². The highest BCUT2D eigenvalue weighted by atomic mass is 16.2. The Morgan fingerprint density at radius 3 is 2.78 bits per heavy atom. The van der Waals surface area contributed by atoms with E-state index in [0.717, 1.165) is 41.2 Å². The lowest BCUT2D eigenvalue weighted by atomic mass is 9.96. The quantitative estimate of drug-likeness (QED) is 0.381. The van der Waals surface area contributed by atoms with Crippen LogP contribution in [0.1, 0.15) is 54.1 Å². The van der Waals surface area contributed by atoms with Crippen LogP contribution in [0.15, 0.2) is 42.9 Å². The van der Waals surface area contributed by atoms with Gasteiger partial charge in [0.1, 0.15) is 0 Å². The molecule has 192 valence electrons. The maximum Gasteiger partial charge on any atom is 0.273 e. The van der Waals surface area contributed by atoms with E-state index in [1.54, 1.807) is 23.3 Å². The summed E-state index contributed by atoms with van der Waals surface area (Å²) in [5, 5.41) is 21.6. The van der Waals surface area contributed by atoms with E-state index in [4.69, 9.17) is 4.98 Å². The number of benzene rings is 1. The minimum atomic E-state index is -0.245. The maximum atomic E-state index is 13.1. The third-order valence-electron chi connectivity index (χ3n) is 6.52. The molecule has 4 aromatic rings. The minimum absolute atomic E-state index is 0.171. The summed E-state index contributed by atoms with van der Waals surface area (Å²) in [5.74, 6) is 0.275. The fraction of sp³-hybridized carbons (Fsp3) is 0.385. The average Bonchev–Trinajstić information content (AvgIpc) is 3.49. The Kier molecular flexibility index (Phi) is 6.46. The van der Waals surface area contributed by atoms with Gasteiger partial charge in [-0.15, -0.1) is 5.10 Å². The van der Waals surface area contributed by atoms with Gasteiger partial charge in [-0.3, -0.25) is 9.89 Å². The van der Waals surface area contributed by atoms with Crippen LogP contribution in [0.5, 0.6) is 0 Å². The zero-order valence-corrected chi connectivity index (χ0v) is 21.8. The van der Waals surface area contributed by atoms with Gasteiger partial charge in [-0.25, -0.2) is 14.6 Å². The van der Waals surface area contributed by atoms with Crippen molar-refractivity contribution in [1.29, 1.82) is 0 Å². The Morgan fingerprint density at radius 1 is 1.22 bits per heavy atom. The first-order valence-electron chi connectivity index (χ1n) is 12.3. The SMILES string of the molecule is Cc1[nH]ncc1Nc1nccc(-c2ccc3c(c2)CCN(C)C[C@@H]3NC(=O)c2cn(C(C)(C)C)nn2)n1. The third-order valence-corrected chi connectivity index (χ3v) is 6.52. The molecule has 0 spiro atoms. The van der Waals surface area contributed by atoms with Crippen LogP contribution >= 0.6 is 0 Å². The molecule has 3 aromatic heterocycles. The molecule has 0 radical (unpaired) electrons. The Labute approximate surface area is 215 Å². The zero-order chi connectivity index (χ0) is 26.2. The predicted molar refractivity (Wildman–Crippen MR) is 141 cm³/mol. The highest BCUT2D eigenvalue weighted by molar-refractivity contribution is 5.92. The topological polar surface area (TPSA) is 130 Å². The largest absolute Gasteiger partial charge is 0.342 e. The van der Waals surface area contributed by atoms with Crippen LogP contribution in [0, 0.1) is 6.92 Å². The van der Waals surface area contributed by atoms with Crippen molar-refractivity contribution in [3.05, 3.63) is 65.4 Å². The molecule has 0 aliphatic carbocycles. The van der Waals surface area contributed by atoms with Gasteiger partial charge in [0.25, 0.3) is 5.91 Å². The standard InChI is InChI=1S/C26H32N10O/c1-16-21(13-28-32-16)31-25-27-10-8-20(30-25)18-6-7-19-17(12-18)9-11-35(5)14-22(19)29-24(37)23-15-36(34-33-23)26(2,3)4/h6-8,10,12-13,15,22H,9,11,14H2,1-5H3,(H,28,32)(H,29,37)(H,27,30,31)/t22-/m0/s1. The van der Waals surface area contributed by atoms with Crippen LogP contribution in [0.4, 0.5) is 11.6 Å². The number of H-pyrrole nitrogens is 1. The van der Waals surface area contributed by atoms with Crippen molar-refractivity contribution in [2.75, 3.05) is 25.5 Å². The second kappa shape index (κ2) is 9.74. The number of nitrogens with zero attached hydrogens (tertiary/aromatic N) is 7. The van der Waals surface area contributed by atoms with Crippen molar-refractivity contribution in [3.8, 4) is 11.3 Å². The van der Waals surface area contributed by atoms with Crippen LogP contribution in [-0.2, 0) is 12.0 Å². The molecule has 4 heterocycles. The summed E-state index contributed by atoms with van der Waals surface area (Å²) in [5.41, 5.74) is 5.92. The van der Waals surface area contributed by atoms with Gasteiger partial charge in [0.05, 0.1) is 41.0 Å². The van der Waals surface area contributed by atoms with E-state index < -0.39 is 0 Å². The zero-order valence-electron chi connectivity index (χ0n) is 21.8. The smallest absolute Gasteiger partial charge is 0.273 e. The molecule has 1 aliphatic heterocycles. The number of aromatic nitrogens is 7. The summed E-state index contributed by atoms with van der Waals surface area (Å²) in [7, 11) is 2.07. The number of carbonyl (C=O) groups excluding carboxylic acids is 1. The van der Waals surface area contributed by atoms with E-state index in [2.05, 4.69) is 66.3 Å². The number of anilines is 2. The van der Waals surface area contributed by atoms with E-state index in [9.17, 15) is 4.79 Å². The fourth-order valence-electron chi connectivity index (χ4n) is 4.36. The molecule has 1 atom stereocenters. The van der Waals surface area contributed by atoms with Crippen LogP contribution in [-0.4, -0.2) is 66.1 Å². The van der Waals surface area contributed by atoms with Gasteiger partial charge in [0.15, 0.2) is 5.69 Å². The number of amides is 1. The normalized spacial score (nSPS) is 16.2. The van der Waals surface area contributed by atoms with E-state index in [0.29, 0.717) is 18.2 Å². The molecule has 0 unspecified atom stereocenters. The monoisotopic (exact) mass is 500 g/mol. The fourth-order valence-corrected chi connectivity index (χ4v) is 4.36. The van der Waals surface area contributed by atoms with Crippen LogP contribution in [0.25, 0.3) is 11.3 Å². The van der Waals surface area contributed by atoms with Crippen molar-refractivity contribution in [3.63, 3.8) is 0 Å². The lowest BCUT2D eigenvalue weighted by molar-refractivity contribution is 0.0924. The number of aromatic amines is 1. The lowest BCUT2D eigenvalue weighted by Crippen LogP contribution is -2.35. The number of fused-ring (bicyclic) bond motifs is 1. The van der Waals surface area contributed by atoms with Gasteiger partial charge in [-0.1, -0.05) is 17.3 Å². The number of carbonyl (C=O) groups is 1. The van der Waals surface area contributed by atoms with E-state index in [1.807, 2.05) is 33.8 Å². The minimum Gasteiger partial charge on any atom is -0.342 e. The molecular formula is C26H32N10O. The molecule has 0 saturated heterocycles. The lowest BCUT2D eigenvalue weighted by Gasteiger charge is -2.22. The molecule has 11 nitrogen and oxygen atoms in total. The Bertz CT molecular complexity index is 1420. The highest BCUT2D eigenvalue weighted by Gasteiger charge is 2.26. The molecule has 1 aliphatic rings. The van der Waals surface area contributed by atoms with E-state index >= 15 is 0 Å². The summed E-state index contributed by atoms with van der Waals surface area (Å²) in [4.78, 5) is 24.4. The Balaban J connectivity index is 1.39. The van der Waals surface area contributed by atoms with Crippen LogP contribution in [0.2, 0.25) is 0 Å². The molecule has 0 fully saturated rings. The first-order chi connectivity index (χ1) is 17.7. The maximum absolute atomic E-state index is 13.1. The molecule has 3 N–H and O–H groups in total. The van der Waals surface area contributed by atoms with Crippen LogP contribution in [0.3, 0.4) is 0 Å². The van der Waals surface area contributed by atoms with Gasteiger partial charge in [-0.2, -0.15) is 5.10 Å². The molecule has 1 amide bonds. The summed E-state index contributed by atoms with van der Waals surface area (Å²) in [6.07, 6.45) is 6.03. The molecule has 11 heteroatoms. The number of nitrogens with one attached hydrogen (secondary N) is 3. The summed E-state index contributed by atoms with van der Waals surface area (Å²) >= 11 is 0. The van der Waals surface area contributed by atoms with Gasteiger partial charge in [-0.05, 0) is 64.4 Å². The summed E-state index contributed by atoms with van der Waals surface area (Å²) in [6.45, 7) is 9.59. The molecule has 1 aromatic carbocycles. The van der Waals surface area contributed by atoms with Crippen molar-refractivity contribution in [2.45, 2.75) is 45.7 Å². The Hall–Kier alpha value is -4.12. The number of aryl methyl sites for hydroxylation is 1. The van der Waals surface area contributed by atoms with Crippen molar-refractivity contribution in [1.82, 2.24) is 45.4 Å². The van der Waals surface area contributed by atoms with Crippen molar-refractivity contribution < 1.29 is 4.79 Å². The first-order valence-corrected chi connectivity index (χ1v) is 12.3. The molecule has 37 heavy (non-hydrogen) atoms. The highest BCUT2D eigenvalue weighted by Crippen LogP contribution is 2.29. The molecule has 0 saturated carbocycles. The Morgan fingerprint density at radius 2 is 2.05 bits per heavy atom. The van der Waals surface area contributed by atoms with Gasteiger partial charge in [0, 0.05) is 24.8 Å². The van der Waals surface area contributed by atoms with Crippen molar-refractivity contribution in [2.24, 2.45) is 0 Å². The summed E-state index contributed by atoms with van der Waals surface area (Å²) < 4.78 is 1.71. The van der Waals surface area contributed by atoms with E-state index in [1.165, 1.54) is 5.56 Å². The number of hydrogen-bond acceptors (Lipinski definition) is 8. The predicted octanol–water partition coefficient (Wildman–Crippen LogP) is 3.22. The second-order valence-electron chi connectivity index (χ2n) is 10.5. The molecule has 5 rings (SSSR count). The third kappa shape index (κ3) is 5.36. The van der Waals surface area contributed by atoms with Gasteiger partial charge < -0.3 is 15.5 Å². The van der Waals surface area contributed by atoms with Gasteiger partial charge >= 0.3 is 0 Å². The van der Waals surface area contributed by atoms with Crippen LogP contribution < -0.4 is 10.6 Å². The summed E-state index contributed by atoms with van der Waals surface area (Å²) in [6, 6.07) is 8.04. The second-order valence-corrected chi connectivity index (χ2v) is 10.5. The molecular weight excluding hydrogens is 468 g/mol. The molecule has 0 bridgehead atoms.